The number of hydrogen-bond donors (Lipinski definition) is 1. The maximum Gasteiger partial charge on any atom is 0.468 e. The maximum atomic E-state index is 13.3. The van der Waals surface area contributed by atoms with Crippen molar-refractivity contribution in [1.29, 1.82) is 0 Å². The summed E-state index contributed by atoms with van der Waals surface area (Å²) >= 11 is 0. The molecular weight excluding hydrogens is 399 g/mol. The van der Waals surface area contributed by atoms with Crippen LogP contribution in [0.25, 0.3) is 0 Å². The van der Waals surface area contributed by atoms with Crippen LogP contribution >= 0.6 is 0 Å². The van der Waals surface area contributed by atoms with Gasteiger partial charge in [-0.1, -0.05) is 13.5 Å². The number of alkyl halides is 5. The van der Waals surface area contributed by atoms with E-state index in [1.807, 2.05) is 0 Å². The first-order valence-corrected chi connectivity index (χ1v) is 8.16. The Morgan fingerprint density at radius 2 is 1.69 bits per heavy atom. The molecule has 1 N–H and O–H groups in total. The monoisotopic (exact) mass is 414 g/mol. The standard InChI is InChI=1S/C12H15F5O8S/c1-3-6-23-9(19)11(12(15,16)17,25-8(18)4-2)24-7-5-10(13,14)26(20,21)22/h4H,2-3,5-7H2,1H3,(H,20,21,22). The largest absolute Gasteiger partial charge is 0.468 e. The molecule has 152 valence electrons. The van der Waals surface area contributed by atoms with Crippen molar-refractivity contribution in [2.24, 2.45) is 0 Å². The molecule has 0 aromatic rings. The van der Waals surface area contributed by atoms with Gasteiger partial charge in [-0.2, -0.15) is 30.4 Å². The molecular formula is C12H15F5O8S. The van der Waals surface area contributed by atoms with Crippen molar-refractivity contribution in [1.82, 2.24) is 0 Å². The average molecular weight is 414 g/mol. The Bertz CT molecular complexity index is 630. The van der Waals surface area contributed by atoms with Crippen LogP contribution in [0, 0.1) is 0 Å². The van der Waals surface area contributed by atoms with Crippen molar-refractivity contribution < 1.29 is 58.7 Å². The summed E-state index contributed by atoms with van der Waals surface area (Å²) in [4.78, 5) is 22.9. The highest BCUT2D eigenvalue weighted by atomic mass is 32.2. The van der Waals surface area contributed by atoms with Crippen LogP contribution < -0.4 is 0 Å². The van der Waals surface area contributed by atoms with Crippen LogP contribution in [0.3, 0.4) is 0 Å². The molecule has 0 bridgehead atoms. The molecule has 0 aliphatic rings. The molecule has 0 aliphatic carbocycles. The van der Waals surface area contributed by atoms with E-state index in [9.17, 15) is 40.0 Å². The van der Waals surface area contributed by atoms with Crippen LogP contribution in [-0.2, 0) is 33.9 Å². The third-order valence-corrected chi connectivity index (χ3v) is 3.52. The highest BCUT2D eigenvalue weighted by Crippen LogP contribution is 2.37. The zero-order chi connectivity index (χ0) is 20.8. The molecule has 0 spiro atoms. The van der Waals surface area contributed by atoms with E-state index in [0.29, 0.717) is 0 Å². The Hall–Kier alpha value is -1.80. The predicted octanol–water partition coefficient (Wildman–Crippen LogP) is 1.81. The van der Waals surface area contributed by atoms with Crippen LogP contribution in [0.1, 0.15) is 19.8 Å². The molecule has 0 saturated heterocycles. The smallest absolute Gasteiger partial charge is 0.461 e. The lowest BCUT2D eigenvalue weighted by molar-refractivity contribution is -0.355. The molecule has 0 rings (SSSR count). The quantitative estimate of drug-likeness (QED) is 0.189. The second kappa shape index (κ2) is 8.73. The third-order valence-electron chi connectivity index (χ3n) is 2.57. The van der Waals surface area contributed by atoms with Crippen molar-refractivity contribution in [3.05, 3.63) is 12.7 Å². The van der Waals surface area contributed by atoms with Crippen molar-refractivity contribution in [2.75, 3.05) is 13.2 Å². The van der Waals surface area contributed by atoms with Gasteiger partial charge in [0.1, 0.15) is 0 Å². The van der Waals surface area contributed by atoms with Gasteiger partial charge in [0, 0.05) is 6.08 Å². The number of hydrogen-bond acceptors (Lipinski definition) is 7. The second-order valence-electron chi connectivity index (χ2n) is 4.59. The Labute approximate surface area is 144 Å². The Morgan fingerprint density at radius 1 is 1.15 bits per heavy atom. The first kappa shape index (κ1) is 24.2. The molecule has 26 heavy (non-hydrogen) atoms. The minimum Gasteiger partial charge on any atom is -0.461 e. The highest BCUT2D eigenvalue weighted by molar-refractivity contribution is 7.86. The number of ether oxygens (including phenoxy) is 3. The number of halogens is 5. The van der Waals surface area contributed by atoms with Gasteiger partial charge in [-0.05, 0) is 6.42 Å². The summed E-state index contributed by atoms with van der Waals surface area (Å²) in [6, 6.07) is 0. The summed E-state index contributed by atoms with van der Waals surface area (Å²) in [5.74, 6) is -8.49. The van der Waals surface area contributed by atoms with Crippen molar-refractivity contribution in [3.8, 4) is 0 Å². The van der Waals surface area contributed by atoms with E-state index in [1.165, 1.54) is 6.92 Å². The summed E-state index contributed by atoms with van der Waals surface area (Å²) in [6.07, 6.45) is -7.44. The van der Waals surface area contributed by atoms with E-state index in [2.05, 4.69) is 20.8 Å². The predicted molar refractivity (Wildman–Crippen MR) is 73.4 cm³/mol. The molecule has 0 amide bonds. The summed E-state index contributed by atoms with van der Waals surface area (Å²) in [6.45, 7) is 1.94. The number of rotatable bonds is 10. The third kappa shape index (κ3) is 5.88. The fourth-order valence-electron chi connectivity index (χ4n) is 1.30. The highest BCUT2D eigenvalue weighted by Gasteiger charge is 2.68. The van der Waals surface area contributed by atoms with Crippen molar-refractivity contribution >= 4 is 22.1 Å². The van der Waals surface area contributed by atoms with Crippen LogP contribution in [0.5, 0.6) is 0 Å². The van der Waals surface area contributed by atoms with Crippen LogP contribution in [0.15, 0.2) is 12.7 Å². The fourth-order valence-corrected chi connectivity index (χ4v) is 1.64. The summed E-state index contributed by atoms with van der Waals surface area (Å²) in [5.41, 5.74) is 0. The molecule has 0 heterocycles. The molecule has 0 radical (unpaired) electrons. The zero-order valence-corrected chi connectivity index (χ0v) is 14.0. The van der Waals surface area contributed by atoms with Gasteiger partial charge in [-0.3, -0.25) is 4.55 Å². The fraction of sp³-hybridized carbons (Fsp3) is 0.667. The minimum atomic E-state index is -5.95. The summed E-state index contributed by atoms with van der Waals surface area (Å²) in [7, 11) is -5.95. The first-order chi connectivity index (χ1) is 11.6. The van der Waals surface area contributed by atoms with Crippen molar-refractivity contribution in [3.63, 3.8) is 0 Å². The van der Waals surface area contributed by atoms with Crippen LogP contribution in [0.2, 0.25) is 0 Å². The van der Waals surface area contributed by atoms with Crippen LogP contribution in [-0.4, -0.2) is 55.3 Å². The van der Waals surface area contributed by atoms with Gasteiger partial charge in [-0.15, -0.1) is 0 Å². The lowest BCUT2D eigenvalue weighted by Gasteiger charge is -2.32. The first-order valence-electron chi connectivity index (χ1n) is 6.72. The molecule has 0 aromatic heterocycles. The Kier molecular flexibility index (Phi) is 8.12. The van der Waals surface area contributed by atoms with Gasteiger partial charge in [0.15, 0.2) is 0 Å². The maximum absolute atomic E-state index is 13.3. The lowest BCUT2D eigenvalue weighted by atomic mass is 10.2. The molecule has 1 unspecified atom stereocenters. The number of carbonyl (C=O) groups excluding carboxylic acids is 2. The molecule has 1 atom stereocenters. The van der Waals surface area contributed by atoms with E-state index >= 15 is 0 Å². The molecule has 8 nitrogen and oxygen atoms in total. The van der Waals surface area contributed by atoms with E-state index in [4.69, 9.17) is 4.55 Å². The van der Waals surface area contributed by atoms with E-state index < -0.39 is 58.9 Å². The van der Waals surface area contributed by atoms with Gasteiger partial charge < -0.3 is 14.2 Å². The number of carbonyl (C=O) groups is 2. The van der Waals surface area contributed by atoms with Gasteiger partial charge in [0.25, 0.3) is 0 Å². The minimum absolute atomic E-state index is 0.0654. The molecule has 0 aromatic carbocycles. The summed E-state index contributed by atoms with van der Waals surface area (Å²) < 4.78 is 107. The summed E-state index contributed by atoms with van der Waals surface area (Å²) in [5, 5.41) is -4.87. The van der Waals surface area contributed by atoms with Gasteiger partial charge >= 0.3 is 39.3 Å². The molecule has 0 saturated carbocycles. The molecule has 0 aliphatic heterocycles. The molecule has 0 fully saturated rings. The van der Waals surface area contributed by atoms with E-state index in [1.54, 1.807) is 0 Å². The normalized spacial score (nSPS) is 15.0. The van der Waals surface area contributed by atoms with Gasteiger partial charge in [-0.25, -0.2) is 9.59 Å². The topological polar surface area (TPSA) is 116 Å². The zero-order valence-electron chi connectivity index (χ0n) is 13.2. The van der Waals surface area contributed by atoms with Gasteiger partial charge in [0.2, 0.25) is 0 Å². The second-order valence-corrected chi connectivity index (χ2v) is 6.13. The Balaban J connectivity index is 5.71. The van der Waals surface area contributed by atoms with Crippen LogP contribution in [0.4, 0.5) is 22.0 Å². The van der Waals surface area contributed by atoms with E-state index in [0.717, 1.165) is 0 Å². The lowest BCUT2D eigenvalue weighted by Crippen LogP contribution is -2.58. The SMILES string of the molecule is C=CC(=O)OC(OCCC(F)(F)S(=O)(=O)O)(C(=O)OCCC)C(F)(F)F. The molecule has 14 heteroatoms. The Morgan fingerprint density at radius 3 is 2.08 bits per heavy atom. The van der Waals surface area contributed by atoms with Crippen molar-refractivity contribution in [2.45, 2.75) is 37.0 Å². The number of esters is 2. The average Bonchev–Trinajstić information content (AvgIpc) is 2.48. The van der Waals surface area contributed by atoms with Gasteiger partial charge in [0.05, 0.1) is 19.6 Å². The van der Waals surface area contributed by atoms with E-state index in [-0.39, 0.29) is 12.5 Å².